The van der Waals surface area contributed by atoms with E-state index in [9.17, 15) is 14.7 Å². The number of aromatic nitrogens is 2. The number of aliphatic hydroxyl groups excluding tert-OH is 1. The highest BCUT2D eigenvalue weighted by molar-refractivity contribution is 5.94. The fourth-order valence-corrected chi connectivity index (χ4v) is 6.30. The van der Waals surface area contributed by atoms with E-state index in [4.69, 9.17) is 0 Å². The molecule has 7 heteroatoms. The van der Waals surface area contributed by atoms with Gasteiger partial charge in [0.25, 0.3) is 5.91 Å². The third-order valence-corrected chi connectivity index (χ3v) is 8.39. The van der Waals surface area contributed by atoms with Gasteiger partial charge in [0.15, 0.2) is 0 Å². The Hall–Kier alpha value is -2.80. The lowest BCUT2D eigenvalue weighted by Crippen LogP contribution is -2.58. The summed E-state index contributed by atoms with van der Waals surface area (Å²) < 4.78 is 0. The summed E-state index contributed by atoms with van der Waals surface area (Å²) in [5.74, 6) is -0.418. The molecule has 3 N–H and O–H groups in total. The number of nitrogens with one attached hydrogen (secondary N) is 2. The van der Waals surface area contributed by atoms with Crippen molar-refractivity contribution >= 4 is 11.8 Å². The first-order valence-corrected chi connectivity index (χ1v) is 12.4. The molecule has 2 aromatic heterocycles. The molecule has 182 valence electrons. The number of aliphatic hydroxyl groups is 1. The number of hydrogen-bond donors (Lipinski definition) is 3. The van der Waals surface area contributed by atoms with Gasteiger partial charge in [-0.2, -0.15) is 0 Å². The van der Waals surface area contributed by atoms with E-state index in [-0.39, 0.29) is 46.9 Å². The molecule has 0 unspecified atom stereocenters. The maximum atomic E-state index is 12.9. The summed E-state index contributed by atoms with van der Waals surface area (Å²) in [7, 11) is 0. The van der Waals surface area contributed by atoms with Crippen LogP contribution in [0.1, 0.15) is 62.4 Å². The molecule has 2 amide bonds. The minimum absolute atomic E-state index is 0.0122. The fraction of sp³-hybridized carbons (Fsp3) is 0.556. The van der Waals surface area contributed by atoms with Crippen molar-refractivity contribution in [1.82, 2.24) is 20.6 Å². The average Bonchev–Trinajstić information content (AvgIpc) is 2.85. The lowest BCUT2D eigenvalue weighted by Gasteiger charge is -2.56. The van der Waals surface area contributed by atoms with E-state index < -0.39 is 6.10 Å². The largest absolute Gasteiger partial charge is 0.392 e. The molecular weight excluding hydrogens is 428 g/mol. The molecule has 0 saturated heterocycles. The monoisotopic (exact) mass is 464 g/mol. The zero-order chi connectivity index (χ0) is 24.3. The Morgan fingerprint density at radius 3 is 2.59 bits per heavy atom. The second kappa shape index (κ2) is 10.2. The molecule has 0 aliphatic heterocycles. The highest BCUT2D eigenvalue weighted by atomic mass is 16.3. The van der Waals surface area contributed by atoms with Gasteiger partial charge in [-0.3, -0.25) is 19.6 Å². The summed E-state index contributed by atoms with van der Waals surface area (Å²) in [5, 5.41) is 17.8. The van der Waals surface area contributed by atoms with Gasteiger partial charge in [0.05, 0.1) is 6.10 Å². The topological polar surface area (TPSA) is 104 Å². The molecule has 2 aliphatic rings. The van der Waals surface area contributed by atoms with Crippen LogP contribution in [0.2, 0.25) is 0 Å². The molecule has 0 spiro atoms. The van der Waals surface area contributed by atoms with Crippen molar-refractivity contribution in [3.05, 3.63) is 60.2 Å². The van der Waals surface area contributed by atoms with Crippen molar-refractivity contribution in [2.75, 3.05) is 0 Å². The maximum absolute atomic E-state index is 12.9. The molecule has 0 aromatic carbocycles. The Morgan fingerprint density at radius 1 is 1.15 bits per heavy atom. The average molecular weight is 465 g/mol. The van der Waals surface area contributed by atoms with Crippen LogP contribution < -0.4 is 10.6 Å². The third kappa shape index (κ3) is 4.99. The van der Waals surface area contributed by atoms with Crippen LogP contribution in [0.25, 0.3) is 0 Å². The van der Waals surface area contributed by atoms with Crippen molar-refractivity contribution in [3.63, 3.8) is 0 Å². The van der Waals surface area contributed by atoms with Crippen LogP contribution in [0.15, 0.2) is 49.1 Å². The van der Waals surface area contributed by atoms with Crippen molar-refractivity contribution in [1.29, 1.82) is 0 Å². The quantitative estimate of drug-likeness (QED) is 0.608. The predicted molar refractivity (Wildman–Crippen MR) is 129 cm³/mol. The molecule has 2 saturated carbocycles. The number of pyridine rings is 2. The second-order valence-corrected chi connectivity index (χ2v) is 10.5. The van der Waals surface area contributed by atoms with Gasteiger partial charge in [0, 0.05) is 48.9 Å². The molecule has 2 aromatic rings. The number of fused-ring (bicyclic) bond motifs is 1. The summed E-state index contributed by atoms with van der Waals surface area (Å²) in [4.78, 5) is 33.8. The molecule has 4 rings (SSSR count). The Balaban J connectivity index is 1.42. The van der Waals surface area contributed by atoms with Gasteiger partial charge in [0.2, 0.25) is 5.91 Å². The molecule has 7 nitrogen and oxygen atoms in total. The number of amides is 2. The van der Waals surface area contributed by atoms with E-state index >= 15 is 0 Å². The normalized spacial score (nSPS) is 31.7. The van der Waals surface area contributed by atoms with Crippen molar-refractivity contribution in [3.8, 4) is 0 Å². The van der Waals surface area contributed by atoms with E-state index in [1.807, 2.05) is 19.1 Å². The van der Waals surface area contributed by atoms with E-state index in [1.165, 1.54) is 0 Å². The van der Waals surface area contributed by atoms with Crippen LogP contribution in [0.5, 0.6) is 0 Å². The van der Waals surface area contributed by atoms with Crippen molar-refractivity contribution in [2.24, 2.45) is 29.1 Å². The first kappa shape index (κ1) is 24.3. The van der Waals surface area contributed by atoms with Gasteiger partial charge in [-0.1, -0.05) is 26.8 Å². The molecule has 0 bridgehead atoms. The van der Waals surface area contributed by atoms with Gasteiger partial charge < -0.3 is 15.7 Å². The summed E-state index contributed by atoms with van der Waals surface area (Å²) in [6.45, 7) is 6.76. The molecule has 2 heterocycles. The minimum atomic E-state index is -0.589. The highest BCUT2D eigenvalue weighted by Gasteiger charge is 2.53. The zero-order valence-corrected chi connectivity index (χ0v) is 20.3. The predicted octanol–water partition coefficient (Wildman–Crippen LogP) is 3.35. The van der Waals surface area contributed by atoms with E-state index in [2.05, 4.69) is 34.4 Å². The maximum Gasteiger partial charge on any atom is 0.251 e. The number of carbonyl (C=O) groups excluding carboxylic acids is 2. The van der Waals surface area contributed by atoms with Crippen LogP contribution in [-0.4, -0.2) is 39.0 Å². The molecule has 2 fully saturated rings. The van der Waals surface area contributed by atoms with E-state index in [1.54, 1.807) is 36.9 Å². The number of hydrogen-bond acceptors (Lipinski definition) is 5. The Morgan fingerprint density at radius 2 is 1.88 bits per heavy atom. The minimum Gasteiger partial charge on any atom is -0.392 e. The number of carbonyl (C=O) groups is 2. The van der Waals surface area contributed by atoms with Gasteiger partial charge in [-0.05, 0) is 72.6 Å². The van der Waals surface area contributed by atoms with Crippen LogP contribution in [0.4, 0.5) is 0 Å². The first-order chi connectivity index (χ1) is 16.3. The highest BCUT2D eigenvalue weighted by Crippen LogP contribution is 2.55. The summed E-state index contributed by atoms with van der Waals surface area (Å²) in [6, 6.07) is 7.20. The lowest BCUT2D eigenvalue weighted by atomic mass is 9.51. The van der Waals surface area contributed by atoms with Gasteiger partial charge in [-0.25, -0.2) is 0 Å². The molecule has 7 atom stereocenters. The molecule has 2 aliphatic carbocycles. The van der Waals surface area contributed by atoms with Gasteiger partial charge in [-0.15, -0.1) is 0 Å². The lowest BCUT2D eigenvalue weighted by molar-refractivity contribution is -0.142. The molecule has 0 radical (unpaired) electrons. The van der Waals surface area contributed by atoms with Crippen LogP contribution in [0, 0.1) is 29.1 Å². The van der Waals surface area contributed by atoms with Gasteiger partial charge >= 0.3 is 0 Å². The van der Waals surface area contributed by atoms with E-state index in [0.717, 1.165) is 31.2 Å². The SMILES string of the molecule is C[C@@H]1[C@@H]2[C@@H](O)[C@H]([C@H](C)C(=O)NCc3cccnc3)CC[C@]2(C)CC[C@@H]1NC(=O)c1ccncc1. The van der Waals surface area contributed by atoms with Crippen LogP contribution in [0.3, 0.4) is 0 Å². The van der Waals surface area contributed by atoms with Gasteiger partial charge in [0.1, 0.15) is 0 Å². The first-order valence-electron chi connectivity index (χ1n) is 12.4. The standard InChI is InChI=1S/C27H36N4O3/c1-17(25(33)30-16-19-5-4-12-29-15-19)21-6-10-27(3)11-7-22(18(2)23(27)24(21)32)31-26(34)20-8-13-28-14-9-20/h4-5,8-9,12-15,17-18,21-24,32H,6-7,10-11,16H2,1-3H3,(H,30,33)(H,31,34)/t17-,18-,21-,22-,23+,24-,27+/m0/s1. The van der Waals surface area contributed by atoms with E-state index in [0.29, 0.717) is 12.1 Å². The smallest absolute Gasteiger partial charge is 0.251 e. The third-order valence-electron chi connectivity index (χ3n) is 8.39. The Bertz CT molecular complexity index is 986. The number of nitrogens with zero attached hydrogens (tertiary/aromatic N) is 2. The molecular formula is C27H36N4O3. The number of rotatable bonds is 6. The summed E-state index contributed by atoms with van der Waals surface area (Å²) in [5.41, 5.74) is 1.56. The zero-order valence-electron chi connectivity index (χ0n) is 20.3. The van der Waals surface area contributed by atoms with Crippen molar-refractivity contribution < 1.29 is 14.7 Å². The Kier molecular flexibility index (Phi) is 7.31. The summed E-state index contributed by atoms with van der Waals surface area (Å²) in [6.07, 6.45) is 9.76. The second-order valence-electron chi connectivity index (χ2n) is 10.5. The Labute approximate surface area is 201 Å². The van der Waals surface area contributed by atoms with Crippen LogP contribution in [-0.2, 0) is 11.3 Å². The van der Waals surface area contributed by atoms with Crippen molar-refractivity contribution in [2.45, 2.75) is 65.1 Å². The molecule has 34 heavy (non-hydrogen) atoms. The fourth-order valence-electron chi connectivity index (χ4n) is 6.30. The van der Waals surface area contributed by atoms with Crippen LogP contribution >= 0.6 is 0 Å². The summed E-state index contributed by atoms with van der Waals surface area (Å²) >= 11 is 0.